The van der Waals surface area contributed by atoms with Crippen molar-refractivity contribution in [3.05, 3.63) is 29.8 Å². The van der Waals surface area contributed by atoms with Crippen LogP contribution < -0.4 is 5.32 Å². The molecule has 1 aromatic rings. The van der Waals surface area contributed by atoms with Crippen molar-refractivity contribution >= 4 is 23.4 Å². The molecule has 0 spiro atoms. The highest BCUT2D eigenvalue weighted by Gasteiger charge is 2.37. The van der Waals surface area contributed by atoms with E-state index in [0.717, 1.165) is 0 Å². The largest absolute Gasteiger partial charge is 0.393 e. The van der Waals surface area contributed by atoms with Gasteiger partial charge in [-0.15, -0.1) is 0 Å². The van der Waals surface area contributed by atoms with E-state index in [1.807, 2.05) is 0 Å². The van der Waals surface area contributed by atoms with Gasteiger partial charge in [-0.3, -0.25) is 4.79 Å². The minimum absolute atomic E-state index is 0.0755. The lowest BCUT2D eigenvalue weighted by Gasteiger charge is -2.30. The highest BCUT2D eigenvalue weighted by Crippen LogP contribution is 2.29. The maximum Gasteiger partial charge on any atom is 0.393 e. The fraction of sp³-hybridized carbons (Fsp3) is 0.500. The van der Waals surface area contributed by atoms with Gasteiger partial charge in [-0.05, 0) is 42.0 Å². The van der Waals surface area contributed by atoms with Crippen molar-refractivity contribution in [3.63, 3.8) is 0 Å². The Labute approximate surface area is 124 Å². The number of halogens is 3. The van der Waals surface area contributed by atoms with E-state index in [1.54, 1.807) is 11.8 Å². The van der Waals surface area contributed by atoms with E-state index >= 15 is 0 Å². The predicted octanol–water partition coefficient (Wildman–Crippen LogP) is 2.99. The van der Waals surface area contributed by atoms with Gasteiger partial charge in [-0.2, -0.15) is 24.9 Å². The molecule has 0 unspecified atom stereocenters. The molecule has 0 aromatic heterocycles. The average molecular weight is 319 g/mol. The molecule has 1 aliphatic heterocycles. The molecular weight excluding hydrogens is 303 g/mol. The van der Waals surface area contributed by atoms with Gasteiger partial charge in [-0.25, -0.2) is 0 Å². The van der Waals surface area contributed by atoms with Crippen LogP contribution in [0.3, 0.4) is 0 Å². The molecule has 0 atom stereocenters. The van der Waals surface area contributed by atoms with E-state index in [-0.39, 0.29) is 11.3 Å². The summed E-state index contributed by atoms with van der Waals surface area (Å²) >= 11 is 1.66. The minimum atomic E-state index is -4.29. The Morgan fingerprint density at radius 1 is 1.33 bits per heavy atom. The van der Waals surface area contributed by atoms with Gasteiger partial charge >= 0.3 is 6.18 Å². The maximum absolute atomic E-state index is 12.4. The number of rotatable bonds is 3. The Bertz CT molecular complexity index is 513. The molecule has 21 heavy (non-hydrogen) atoms. The Balaban J connectivity index is 2.05. The Morgan fingerprint density at radius 2 is 2.00 bits per heavy atom. The van der Waals surface area contributed by atoms with E-state index in [9.17, 15) is 23.1 Å². The molecule has 1 saturated heterocycles. The first-order valence-electron chi connectivity index (χ1n) is 6.56. The van der Waals surface area contributed by atoms with Crippen LogP contribution in [0.1, 0.15) is 18.4 Å². The number of nitrogens with one attached hydrogen (secondary N) is 1. The van der Waals surface area contributed by atoms with Gasteiger partial charge < -0.3 is 10.4 Å². The van der Waals surface area contributed by atoms with Gasteiger partial charge in [0, 0.05) is 5.69 Å². The van der Waals surface area contributed by atoms with Crippen molar-refractivity contribution in [2.75, 3.05) is 16.8 Å². The third-order valence-electron chi connectivity index (χ3n) is 3.33. The molecule has 2 N–H and O–H groups in total. The molecule has 7 heteroatoms. The molecule has 3 nitrogen and oxygen atoms in total. The molecule has 1 heterocycles. The fourth-order valence-corrected chi connectivity index (χ4v) is 3.34. The lowest BCUT2D eigenvalue weighted by molar-refractivity contribution is -0.134. The second-order valence-electron chi connectivity index (χ2n) is 5.09. The smallest absolute Gasteiger partial charge is 0.380 e. The van der Waals surface area contributed by atoms with E-state index in [1.165, 1.54) is 24.3 Å². The molecule has 0 bridgehead atoms. The summed E-state index contributed by atoms with van der Waals surface area (Å²) in [6.07, 6.45) is -4.63. The normalized spacial score (nSPS) is 18.3. The summed E-state index contributed by atoms with van der Waals surface area (Å²) in [4.78, 5) is 12.1. The average Bonchev–Trinajstić information content (AvgIpc) is 2.38. The minimum Gasteiger partial charge on any atom is -0.380 e. The zero-order chi connectivity index (χ0) is 15.5. The van der Waals surface area contributed by atoms with Crippen molar-refractivity contribution in [1.82, 2.24) is 0 Å². The molecule has 116 valence electrons. The highest BCUT2D eigenvalue weighted by molar-refractivity contribution is 7.99. The number of carbonyl (C=O) groups excluding carboxylic acids is 1. The molecule has 1 aromatic carbocycles. The quantitative estimate of drug-likeness (QED) is 0.900. The summed E-state index contributed by atoms with van der Waals surface area (Å²) in [5.74, 6) is 0.836. The van der Waals surface area contributed by atoms with E-state index < -0.39 is 24.1 Å². The molecule has 1 amide bonds. The summed E-state index contributed by atoms with van der Waals surface area (Å²) in [6, 6.07) is 5.61. The number of benzene rings is 1. The summed E-state index contributed by atoms with van der Waals surface area (Å²) < 4.78 is 37.1. The number of amides is 1. The van der Waals surface area contributed by atoms with Crippen LogP contribution in [0.5, 0.6) is 0 Å². The highest BCUT2D eigenvalue weighted by atomic mass is 32.2. The Kier molecular flexibility index (Phi) is 4.83. The summed E-state index contributed by atoms with van der Waals surface area (Å²) in [5, 5.41) is 12.8. The molecule has 1 fully saturated rings. The zero-order valence-electron chi connectivity index (χ0n) is 11.2. The Hall–Kier alpha value is -1.21. The van der Waals surface area contributed by atoms with Crippen LogP contribution in [0.15, 0.2) is 24.3 Å². The molecule has 2 rings (SSSR count). The number of hydrogen-bond acceptors (Lipinski definition) is 3. The van der Waals surface area contributed by atoms with Crippen molar-refractivity contribution < 1.29 is 23.1 Å². The third-order valence-corrected chi connectivity index (χ3v) is 4.32. The number of aliphatic hydroxyl groups is 1. The molecule has 0 radical (unpaired) electrons. The first-order chi connectivity index (χ1) is 9.78. The first kappa shape index (κ1) is 16.2. The fourth-order valence-electron chi connectivity index (χ4n) is 2.17. The molecule has 0 aliphatic carbocycles. The van der Waals surface area contributed by atoms with Crippen LogP contribution in [0, 0.1) is 0 Å². The number of carbonyl (C=O) groups is 1. The number of thioether (sulfide) groups is 1. The monoisotopic (exact) mass is 319 g/mol. The number of hydrogen-bond donors (Lipinski definition) is 2. The van der Waals surface area contributed by atoms with Crippen LogP contribution in [-0.2, 0) is 11.2 Å². The van der Waals surface area contributed by atoms with Gasteiger partial charge in [0.25, 0.3) is 5.91 Å². The van der Waals surface area contributed by atoms with Crippen LogP contribution in [0.4, 0.5) is 18.9 Å². The van der Waals surface area contributed by atoms with Crippen molar-refractivity contribution in [2.24, 2.45) is 0 Å². The summed E-state index contributed by atoms with van der Waals surface area (Å²) in [7, 11) is 0. The number of alkyl halides is 3. The van der Waals surface area contributed by atoms with Crippen LogP contribution in [0.25, 0.3) is 0 Å². The van der Waals surface area contributed by atoms with Gasteiger partial charge in [-0.1, -0.05) is 12.1 Å². The van der Waals surface area contributed by atoms with Crippen molar-refractivity contribution in [3.8, 4) is 0 Å². The third kappa shape index (κ3) is 4.64. The standard InChI is InChI=1S/C14H16F3NO2S/c15-14(16,17)9-10-2-1-3-11(8-10)18-12(19)13(20)4-6-21-7-5-13/h1-3,8,20H,4-7,9H2,(H,18,19). The van der Waals surface area contributed by atoms with Gasteiger partial charge in [0.15, 0.2) is 0 Å². The lowest BCUT2D eigenvalue weighted by atomic mass is 9.95. The second-order valence-corrected chi connectivity index (χ2v) is 6.32. The molecule has 1 aliphatic rings. The predicted molar refractivity (Wildman–Crippen MR) is 76.3 cm³/mol. The Morgan fingerprint density at radius 3 is 2.62 bits per heavy atom. The van der Waals surface area contributed by atoms with Crippen LogP contribution >= 0.6 is 11.8 Å². The van der Waals surface area contributed by atoms with Gasteiger partial charge in [0.1, 0.15) is 5.60 Å². The van der Waals surface area contributed by atoms with Crippen molar-refractivity contribution in [2.45, 2.75) is 31.0 Å². The topological polar surface area (TPSA) is 49.3 Å². The van der Waals surface area contributed by atoms with Crippen LogP contribution in [0.2, 0.25) is 0 Å². The van der Waals surface area contributed by atoms with Crippen molar-refractivity contribution in [1.29, 1.82) is 0 Å². The number of anilines is 1. The summed E-state index contributed by atoms with van der Waals surface area (Å²) in [6.45, 7) is 0. The van der Waals surface area contributed by atoms with Gasteiger partial charge in [0.05, 0.1) is 6.42 Å². The zero-order valence-corrected chi connectivity index (χ0v) is 12.1. The molecule has 0 saturated carbocycles. The SMILES string of the molecule is O=C(Nc1cccc(CC(F)(F)F)c1)C1(O)CCSCC1. The molecular formula is C14H16F3NO2S. The maximum atomic E-state index is 12.4. The summed E-state index contributed by atoms with van der Waals surface area (Å²) in [5.41, 5.74) is -1.08. The van der Waals surface area contributed by atoms with Crippen LogP contribution in [-0.4, -0.2) is 34.3 Å². The second kappa shape index (κ2) is 6.27. The lowest BCUT2D eigenvalue weighted by Crippen LogP contribution is -2.45. The first-order valence-corrected chi connectivity index (χ1v) is 7.71. The van der Waals surface area contributed by atoms with E-state index in [0.29, 0.717) is 24.3 Å². The van der Waals surface area contributed by atoms with E-state index in [4.69, 9.17) is 0 Å². The van der Waals surface area contributed by atoms with Gasteiger partial charge in [0.2, 0.25) is 0 Å². The van der Waals surface area contributed by atoms with E-state index in [2.05, 4.69) is 5.32 Å².